The van der Waals surface area contributed by atoms with Gasteiger partial charge < -0.3 is 20.4 Å². The zero-order chi connectivity index (χ0) is 28.5. The van der Waals surface area contributed by atoms with E-state index in [1.807, 2.05) is 0 Å². The Labute approximate surface area is 237 Å². The highest BCUT2D eigenvalue weighted by Gasteiger charge is 2.27. The fourth-order valence-electron chi connectivity index (χ4n) is 3.67. The van der Waals surface area contributed by atoms with E-state index >= 15 is 0 Å². The number of anilines is 2. The Bertz CT molecular complexity index is 1280. The molecule has 4 atom stereocenters. The number of amides is 2. The highest BCUT2D eigenvalue weighted by Crippen LogP contribution is 2.23. The van der Waals surface area contributed by atoms with E-state index in [9.17, 15) is 30.0 Å². The first-order chi connectivity index (χ1) is 19.3. The van der Waals surface area contributed by atoms with Gasteiger partial charge in [0.15, 0.2) is 12.2 Å². The van der Waals surface area contributed by atoms with E-state index in [1.165, 1.54) is 22.7 Å². The Morgan fingerprint density at radius 2 is 1.00 bits per heavy atom. The smallest absolute Gasteiger partial charge is 0.258 e. The van der Waals surface area contributed by atoms with Gasteiger partial charge in [0.05, 0.1) is 0 Å². The predicted octanol–water partition coefficient (Wildman–Crippen LogP) is 2.02. The molecule has 2 heterocycles. The monoisotopic (exact) mass is 584 g/mol. The topological polar surface area (TPSA) is 191 Å². The summed E-state index contributed by atoms with van der Waals surface area (Å²) in [5.74, 6) is -1.55. The molecule has 2 aromatic carbocycles. The molecule has 0 fully saturated rings. The number of aliphatic hydroxyl groups is 4. The lowest BCUT2D eigenvalue weighted by Crippen LogP contribution is -2.33. The van der Waals surface area contributed by atoms with Crippen molar-refractivity contribution in [3.8, 4) is 0 Å². The second-order valence-electron chi connectivity index (χ2n) is 8.79. The normalized spacial score (nSPS) is 14.2. The number of nitrogens with one attached hydrogen (secondary N) is 2. The molecule has 0 aliphatic rings. The average molecular weight is 585 g/mol. The minimum Gasteiger partial charge on any atom is -0.385 e. The van der Waals surface area contributed by atoms with E-state index in [4.69, 9.17) is 0 Å². The molecule has 0 bridgehead atoms. The molecule has 4 aromatic rings. The van der Waals surface area contributed by atoms with Crippen LogP contribution in [0.3, 0.4) is 0 Å². The summed E-state index contributed by atoms with van der Waals surface area (Å²) >= 11 is 2.37. The van der Waals surface area contributed by atoms with Crippen LogP contribution in [0.2, 0.25) is 0 Å². The lowest BCUT2D eigenvalue weighted by atomic mass is 10.0. The van der Waals surface area contributed by atoms with Crippen LogP contribution < -0.4 is 10.6 Å². The number of hydrogen-bond acceptors (Lipinski definition) is 12. The second kappa shape index (κ2) is 14.1. The fourth-order valence-corrected chi connectivity index (χ4v) is 5.24. The highest BCUT2D eigenvalue weighted by atomic mass is 32.1. The number of aryl methyl sites for hydroxylation is 2. The SMILES string of the molecule is O=C(Nc1nnc(CCCCc2nnc(NC(=O)[C@H](O)[C@@H](O)c3ccccc3)s2)s1)[C@H](O)[C@@H](O)c1ccccc1. The maximum absolute atomic E-state index is 12.3. The number of carbonyl (C=O) groups excluding carboxylic acids is 2. The van der Waals surface area contributed by atoms with Crippen LogP contribution in [0.15, 0.2) is 60.7 Å². The Hall–Kier alpha value is -3.66. The Kier molecular flexibility index (Phi) is 10.3. The number of aliphatic hydroxyl groups excluding tert-OH is 4. The number of hydrogen-bond donors (Lipinski definition) is 6. The van der Waals surface area contributed by atoms with Gasteiger partial charge in [0.2, 0.25) is 10.3 Å². The van der Waals surface area contributed by atoms with Gasteiger partial charge in [-0.3, -0.25) is 20.2 Å². The van der Waals surface area contributed by atoms with Gasteiger partial charge in [-0.25, -0.2) is 0 Å². The predicted molar refractivity (Wildman–Crippen MR) is 149 cm³/mol. The van der Waals surface area contributed by atoms with Gasteiger partial charge in [-0.05, 0) is 24.0 Å². The second-order valence-corrected chi connectivity index (χ2v) is 10.9. The van der Waals surface area contributed by atoms with Crippen molar-refractivity contribution in [3.63, 3.8) is 0 Å². The summed E-state index contributed by atoms with van der Waals surface area (Å²) in [6.07, 6.45) is -3.34. The third-order valence-electron chi connectivity index (χ3n) is 5.84. The summed E-state index contributed by atoms with van der Waals surface area (Å²) in [4.78, 5) is 24.6. The number of unbranched alkanes of at least 4 members (excludes halogenated alkanes) is 1. The van der Waals surface area contributed by atoms with Gasteiger partial charge in [0, 0.05) is 12.8 Å². The van der Waals surface area contributed by atoms with Gasteiger partial charge in [-0.15, -0.1) is 20.4 Å². The number of carbonyl (C=O) groups is 2. The van der Waals surface area contributed by atoms with Crippen LogP contribution in [-0.4, -0.2) is 64.8 Å². The number of rotatable bonds is 13. The molecule has 0 aliphatic heterocycles. The third-order valence-corrected chi connectivity index (χ3v) is 7.64. The summed E-state index contributed by atoms with van der Waals surface area (Å²) < 4.78 is 0. The van der Waals surface area contributed by atoms with E-state index in [0.29, 0.717) is 34.0 Å². The molecular formula is C26H28N6O6S2. The Morgan fingerprint density at radius 1 is 0.625 bits per heavy atom. The quantitative estimate of drug-likeness (QED) is 0.127. The molecule has 0 unspecified atom stereocenters. The molecule has 2 amide bonds. The molecular weight excluding hydrogens is 556 g/mol. The molecule has 0 radical (unpaired) electrons. The van der Waals surface area contributed by atoms with E-state index < -0.39 is 36.2 Å². The Morgan fingerprint density at radius 3 is 1.38 bits per heavy atom. The van der Waals surface area contributed by atoms with Crippen molar-refractivity contribution in [1.82, 2.24) is 20.4 Å². The highest BCUT2D eigenvalue weighted by molar-refractivity contribution is 7.15. The van der Waals surface area contributed by atoms with Crippen molar-refractivity contribution in [2.24, 2.45) is 0 Å². The molecule has 40 heavy (non-hydrogen) atoms. The summed E-state index contributed by atoms with van der Waals surface area (Å²) in [5, 5.41) is 63.6. The average Bonchev–Trinajstić information content (AvgIpc) is 3.63. The maximum Gasteiger partial charge on any atom is 0.258 e. The lowest BCUT2D eigenvalue weighted by Gasteiger charge is -2.16. The van der Waals surface area contributed by atoms with Gasteiger partial charge in [0.25, 0.3) is 11.8 Å². The molecule has 0 aliphatic carbocycles. The van der Waals surface area contributed by atoms with Crippen LogP contribution in [0.5, 0.6) is 0 Å². The molecule has 12 nitrogen and oxygen atoms in total. The first kappa shape index (κ1) is 29.3. The first-order valence-electron chi connectivity index (χ1n) is 12.4. The molecule has 14 heteroatoms. The third kappa shape index (κ3) is 7.94. The largest absolute Gasteiger partial charge is 0.385 e. The van der Waals surface area contributed by atoms with Crippen molar-refractivity contribution in [1.29, 1.82) is 0 Å². The van der Waals surface area contributed by atoms with Crippen LogP contribution in [-0.2, 0) is 22.4 Å². The summed E-state index contributed by atoms with van der Waals surface area (Å²) in [6, 6.07) is 16.8. The van der Waals surface area contributed by atoms with Crippen molar-refractivity contribution < 1.29 is 30.0 Å². The first-order valence-corrected chi connectivity index (χ1v) is 14.0. The van der Waals surface area contributed by atoms with Crippen molar-refractivity contribution in [2.75, 3.05) is 10.6 Å². The zero-order valence-corrected chi connectivity index (χ0v) is 22.8. The minimum atomic E-state index is -1.66. The van der Waals surface area contributed by atoms with Crippen molar-refractivity contribution in [3.05, 3.63) is 81.8 Å². The molecule has 4 rings (SSSR count). The molecule has 0 spiro atoms. The number of nitrogens with zero attached hydrogens (tertiary/aromatic N) is 4. The van der Waals surface area contributed by atoms with E-state index in [-0.39, 0.29) is 10.3 Å². The number of aromatic nitrogens is 4. The van der Waals surface area contributed by atoms with Crippen LogP contribution in [0.1, 0.15) is 46.2 Å². The van der Waals surface area contributed by atoms with Crippen LogP contribution in [0.4, 0.5) is 10.3 Å². The molecule has 210 valence electrons. The summed E-state index contributed by atoms with van der Waals surface area (Å²) in [7, 11) is 0. The van der Waals surface area contributed by atoms with E-state index in [1.54, 1.807) is 60.7 Å². The van der Waals surface area contributed by atoms with Gasteiger partial charge in [0.1, 0.15) is 22.2 Å². The van der Waals surface area contributed by atoms with Crippen molar-refractivity contribution in [2.45, 2.75) is 50.1 Å². The van der Waals surface area contributed by atoms with Crippen LogP contribution in [0, 0.1) is 0 Å². The van der Waals surface area contributed by atoms with Crippen LogP contribution >= 0.6 is 22.7 Å². The fraction of sp³-hybridized carbons (Fsp3) is 0.308. The van der Waals surface area contributed by atoms with E-state index in [2.05, 4.69) is 31.0 Å². The standard InChI is InChI=1S/C26H28N6O6S2/c33-19(15-9-3-1-4-10-15)21(35)23(37)27-25-31-29-17(39-25)13-7-8-14-18-30-32-26(40-18)28-24(38)22(36)20(34)16-11-5-2-6-12-16/h1-6,9-12,19-22,33-36H,7-8,13-14H2,(H,27,31,37)(H,28,32,38)/t19-,20-,21+,22+/m0/s1. The molecule has 0 saturated carbocycles. The summed E-state index contributed by atoms with van der Waals surface area (Å²) in [5.41, 5.74) is 0.847. The van der Waals surface area contributed by atoms with Gasteiger partial charge in [-0.1, -0.05) is 83.3 Å². The molecule has 0 saturated heterocycles. The summed E-state index contributed by atoms with van der Waals surface area (Å²) in [6.45, 7) is 0. The molecule has 6 N–H and O–H groups in total. The van der Waals surface area contributed by atoms with Gasteiger partial charge in [-0.2, -0.15) is 0 Å². The minimum absolute atomic E-state index is 0.225. The number of benzene rings is 2. The van der Waals surface area contributed by atoms with E-state index in [0.717, 1.165) is 12.8 Å². The van der Waals surface area contributed by atoms with Gasteiger partial charge >= 0.3 is 0 Å². The lowest BCUT2D eigenvalue weighted by molar-refractivity contribution is -0.130. The molecule has 2 aromatic heterocycles. The zero-order valence-electron chi connectivity index (χ0n) is 21.1. The van der Waals surface area contributed by atoms with Crippen LogP contribution in [0.25, 0.3) is 0 Å². The van der Waals surface area contributed by atoms with Crippen molar-refractivity contribution >= 4 is 44.8 Å². The maximum atomic E-state index is 12.3. The Balaban J connectivity index is 1.18.